The van der Waals surface area contributed by atoms with Crippen LogP contribution in [0.3, 0.4) is 0 Å². The van der Waals surface area contributed by atoms with Gasteiger partial charge in [-0.3, -0.25) is 9.69 Å². The van der Waals surface area contributed by atoms with Crippen LogP contribution in [-0.4, -0.2) is 77.1 Å². The van der Waals surface area contributed by atoms with E-state index in [4.69, 9.17) is 14.7 Å². The van der Waals surface area contributed by atoms with Crippen molar-refractivity contribution in [1.82, 2.24) is 19.8 Å². The number of rotatable bonds is 4. The Morgan fingerprint density at radius 2 is 2.03 bits per heavy atom. The summed E-state index contributed by atoms with van der Waals surface area (Å²) in [6.07, 6.45) is 16.2. The molecule has 7 heteroatoms. The van der Waals surface area contributed by atoms with Crippen molar-refractivity contribution >= 4 is 11.7 Å². The lowest BCUT2D eigenvalue weighted by atomic mass is 9.82. The minimum absolute atomic E-state index is 0.00178. The summed E-state index contributed by atoms with van der Waals surface area (Å²) in [6.45, 7) is 9.05. The molecule has 0 bridgehead atoms. The zero-order chi connectivity index (χ0) is 22.9. The molecule has 0 N–H and O–H groups in total. The molecular weight excluding hydrogens is 414 g/mol. The normalized spacial score (nSPS) is 29.4. The molecule has 176 valence electrons. The van der Waals surface area contributed by atoms with E-state index in [0.29, 0.717) is 37.1 Å². The number of carbonyl (C=O) groups is 1. The molecule has 3 unspecified atom stereocenters. The van der Waals surface area contributed by atoms with Crippen LogP contribution in [0.25, 0.3) is 0 Å². The van der Waals surface area contributed by atoms with Gasteiger partial charge in [-0.1, -0.05) is 30.9 Å². The molecule has 2 aliphatic carbocycles. The van der Waals surface area contributed by atoms with Crippen LogP contribution in [0, 0.1) is 5.92 Å². The molecular formula is C26H35N5O2. The summed E-state index contributed by atoms with van der Waals surface area (Å²) < 4.78 is 5.53. The summed E-state index contributed by atoms with van der Waals surface area (Å²) >= 11 is 0. The first-order valence-corrected chi connectivity index (χ1v) is 12.3. The van der Waals surface area contributed by atoms with Crippen LogP contribution >= 0.6 is 0 Å². The number of carbonyl (C=O) groups excluding carboxylic acids is 1. The molecule has 2 aliphatic heterocycles. The van der Waals surface area contributed by atoms with Crippen LogP contribution in [0.4, 0.5) is 5.82 Å². The highest BCUT2D eigenvalue weighted by molar-refractivity contribution is 5.87. The minimum atomic E-state index is -0.00178. The molecule has 0 spiro atoms. The Labute approximate surface area is 196 Å². The maximum Gasteiger partial charge on any atom is 0.318 e. The minimum Gasteiger partial charge on any atom is -0.467 e. The quantitative estimate of drug-likeness (QED) is 0.659. The van der Waals surface area contributed by atoms with Gasteiger partial charge in [0.05, 0.1) is 12.8 Å². The predicted octanol–water partition coefficient (Wildman–Crippen LogP) is 2.77. The van der Waals surface area contributed by atoms with Gasteiger partial charge in [0.25, 0.3) is 0 Å². The van der Waals surface area contributed by atoms with Crippen LogP contribution in [0.15, 0.2) is 37.0 Å². The summed E-state index contributed by atoms with van der Waals surface area (Å²) in [4.78, 5) is 28.7. The summed E-state index contributed by atoms with van der Waals surface area (Å²) in [5.41, 5.74) is 2.39. The Balaban J connectivity index is 1.39. The second-order valence-corrected chi connectivity index (χ2v) is 9.69. The lowest BCUT2D eigenvalue weighted by molar-refractivity contribution is -0.126. The highest BCUT2D eigenvalue weighted by atomic mass is 16.5. The van der Waals surface area contributed by atoms with Gasteiger partial charge in [-0.15, -0.1) is 0 Å². The van der Waals surface area contributed by atoms with Crippen molar-refractivity contribution in [3.63, 3.8) is 0 Å². The number of ether oxygens (including phenoxy) is 1. The number of likely N-dealkylation sites (tertiary alicyclic amines) is 1. The SMILES string of the molecule is C=CC(=O)N1CCN(c2nc(OC)nc3c2CCC(N2CCCC4C=CC=CC42)C3)[C@@H](C)C1. The highest BCUT2D eigenvalue weighted by Gasteiger charge is 2.37. The molecule has 0 saturated carbocycles. The van der Waals surface area contributed by atoms with Gasteiger partial charge in [0.2, 0.25) is 5.91 Å². The van der Waals surface area contributed by atoms with Gasteiger partial charge in [-0.05, 0) is 51.1 Å². The molecule has 1 aromatic heterocycles. The molecule has 1 aromatic rings. The van der Waals surface area contributed by atoms with Crippen molar-refractivity contribution in [3.8, 4) is 6.01 Å². The number of amides is 1. The first kappa shape index (κ1) is 22.1. The molecule has 2 saturated heterocycles. The highest BCUT2D eigenvalue weighted by Crippen LogP contribution is 2.37. The van der Waals surface area contributed by atoms with Crippen molar-refractivity contribution in [1.29, 1.82) is 0 Å². The summed E-state index contributed by atoms with van der Waals surface area (Å²) in [5.74, 6) is 1.62. The van der Waals surface area contributed by atoms with Gasteiger partial charge in [0.1, 0.15) is 5.82 Å². The summed E-state index contributed by atoms with van der Waals surface area (Å²) in [7, 11) is 1.64. The second-order valence-electron chi connectivity index (χ2n) is 9.69. The average molecular weight is 450 g/mol. The second kappa shape index (κ2) is 9.29. The monoisotopic (exact) mass is 449 g/mol. The van der Waals surface area contributed by atoms with E-state index < -0.39 is 0 Å². The fourth-order valence-electron chi connectivity index (χ4n) is 6.12. The van der Waals surface area contributed by atoms with E-state index in [9.17, 15) is 4.79 Å². The summed E-state index contributed by atoms with van der Waals surface area (Å²) in [6, 6.07) is 1.62. The van der Waals surface area contributed by atoms with E-state index in [1.807, 2.05) is 4.90 Å². The fraction of sp³-hybridized carbons (Fsp3) is 0.577. The lowest BCUT2D eigenvalue weighted by Gasteiger charge is -2.46. The van der Waals surface area contributed by atoms with Gasteiger partial charge >= 0.3 is 6.01 Å². The average Bonchev–Trinajstić information content (AvgIpc) is 2.86. The maximum absolute atomic E-state index is 12.1. The molecule has 0 aromatic carbocycles. The zero-order valence-electron chi connectivity index (χ0n) is 19.8. The number of piperazine rings is 1. The van der Waals surface area contributed by atoms with Crippen molar-refractivity contribution in [2.24, 2.45) is 5.92 Å². The van der Waals surface area contributed by atoms with Gasteiger partial charge in [0.15, 0.2) is 0 Å². The smallest absolute Gasteiger partial charge is 0.318 e. The maximum atomic E-state index is 12.1. The molecule has 33 heavy (non-hydrogen) atoms. The summed E-state index contributed by atoms with van der Waals surface area (Å²) in [5, 5.41) is 0. The number of fused-ring (bicyclic) bond motifs is 2. The van der Waals surface area contributed by atoms with Crippen molar-refractivity contribution in [3.05, 3.63) is 48.2 Å². The Bertz CT molecular complexity index is 974. The fourth-order valence-corrected chi connectivity index (χ4v) is 6.12. The Morgan fingerprint density at radius 1 is 1.18 bits per heavy atom. The topological polar surface area (TPSA) is 61.8 Å². The molecule has 0 radical (unpaired) electrons. The molecule has 7 nitrogen and oxygen atoms in total. The van der Waals surface area contributed by atoms with E-state index in [1.165, 1.54) is 24.5 Å². The third-order valence-electron chi connectivity index (χ3n) is 7.80. The number of hydrogen-bond donors (Lipinski definition) is 0. The number of hydrogen-bond acceptors (Lipinski definition) is 6. The van der Waals surface area contributed by atoms with Gasteiger partial charge < -0.3 is 14.5 Å². The van der Waals surface area contributed by atoms with Crippen molar-refractivity contribution < 1.29 is 9.53 Å². The number of aromatic nitrogens is 2. The largest absolute Gasteiger partial charge is 0.467 e. The standard InChI is InChI=1S/C26H35N5O2/c1-4-24(32)29-14-15-30(18(2)17-29)25-21-12-11-20(16-22(21)27-26(28-25)33-3)31-13-7-9-19-8-5-6-10-23(19)31/h4-6,8,10,18-20,23H,1,7,9,11-17H2,2-3H3/t18-,19?,20?,23?/m0/s1. The van der Waals surface area contributed by atoms with Crippen LogP contribution < -0.4 is 9.64 Å². The number of allylic oxidation sites excluding steroid dienone is 2. The van der Waals surface area contributed by atoms with E-state index in [1.54, 1.807) is 7.11 Å². The number of nitrogens with zero attached hydrogens (tertiary/aromatic N) is 5. The van der Waals surface area contributed by atoms with Crippen LogP contribution in [0.2, 0.25) is 0 Å². The third kappa shape index (κ3) is 4.19. The molecule has 1 amide bonds. The Hall–Kier alpha value is -2.67. The van der Waals surface area contributed by atoms with Crippen LogP contribution in [0.1, 0.15) is 37.4 Å². The van der Waals surface area contributed by atoms with E-state index in [0.717, 1.165) is 43.9 Å². The number of piperidine rings is 1. The molecule has 4 atom stereocenters. The first-order valence-electron chi connectivity index (χ1n) is 12.3. The number of anilines is 1. The molecule has 2 fully saturated rings. The van der Waals surface area contributed by atoms with E-state index >= 15 is 0 Å². The zero-order valence-corrected chi connectivity index (χ0v) is 19.8. The van der Waals surface area contributed by atoms with Gasteiger partial charge in [-0.2, -0.15) is 9.97 Å². The van der Waals surface area contributed by atoms with Crippen molar-refractivity contribution in [2.75, 3.05) is 38.2 Å². The molecule has 3 heterocycles. The third-order valence-corrected chi connectivity index (χ3v) is 7.80. The lowest BCUT2D eigenvalue weighted by Crippen LogP contribution is -2.54. The predicted molar refractivity (Wildman–Crippen MR) is 129 cm³/mol. The van der Waals surface area contributed by atoms with Crippen molar-refractivity contribution in [2.45, 2.75) is 57.2 Å². The van der Waals surface area contributed by atoms with Gasteiger partial charge in [0, 0.05) is 49.7 Å². The Morgan fingerprint density at radius 3 is 2.82 bits per heavy atom. The van der Waals surface area contributed by atoms with Crippen LogP contribution in [0.5, 0.6) is 6.01 Å². The van der Waals surface area contributed by atoms with E-state index in [2.05, 4.69) is 47.6 Å². The first-order chi connectivity index (χ1) is 16.1. The number of methoxy groups -OCH3 is 1. The Kier molecular flexibility index (Phi) is 6.23. The van der Waals surface area contributed by atoms with Crippen LogP contribution in [-0.2, 0) is 17.6 Å². The van der Waals surface area contributed by atoms with Gasteiger partial charge in [-0.25, -0.2) is 0 Å². The van der Waals surface area contributed by atoms with E-state index in [-0.39, 0.29) is 11.9 Å². The molecule has 4 aliphatic rings. The molecule has 5 rings (SSSR count).